The summed E-state index contributed by atoms with van der Waals surface area (Å²) < 4.78 is 36.6. The molecule has 0 saturated carbocycles. The second-order valence-corrected chi connectivity index (χ2v) is 9.48. The minimum absolute atomic E-state index is 0.0133. The molecular formula is C19H21Cl3O6S. The minimum atomic E-state index is -3.88. The van der Waals surface area contributed by atoms with Crippen molar-refractivity contribution in [3.8, 4) is 11.5 Å². The zero-order valence-corrected chi connectivity index (χ0v) is 18.6. The van der Waals surface area contributed by atoms with Crippen LogP contribution in [0.1, 0.15) is 6.92 Å². The number of sulfone groups is 1. The van der Waals surface area contributed by atoms with E-state index in [9.17, 15) is 13.5 Å². The van der Waals surface area contributed by atoms with Crippen LogP contribution in [0.2, 0.25) is 10.0 Å². The Morgan fingerprint density at radius 2 is 1.45 bits per heavy atom. The van der Waals surface area contributed by atoms with E-state index in [-0.39, 0.29) is 38.1 Å². The average Bonchev–Trinajstić information content (AvgIpc) is 2.71. The summed E-state index contributed by atoms with van der Waals surface area (Å²) in [5.41, 5.74) is 0. The molecule has 0 radical (unpaired) electrons. The predicted molar refractivity (Wildman–Crippen MR) is 112 cm³/mol. The van der Waals surface area contributed by atoms with Crippen LogP contribution in [-0.2, 0) is 9.84 Å². The van der Waals surface area contributed by atoms with E-state index in [1.165, 1.54) is 36.4 Å². The lowest BCUT2D eigenvalue weighted by Gasteiger charge is -2.14. The fourth-order valence-electron chi connectivity index (χ4n) is 2.18. The molecule has 10 heteroatoms. The number of aliphatic hydroxyl groups excluding tert-OH is 2. The highest BCUT2D eigenvalue weighted by Crippen LogP contribution is 2.33. The zero-order valence-electron chi connectivity index (χ0n) is 15.5. The van der Waals surface area contributed by atoms with Gasteiger partial charge in [-0.05, 0) is 36.4 Å². The van der Waals surface area contributed by atoms with E-state index in [0.717, 1.165) is 0 Å². The van der Waals surface area contributed by atoms with Crippen molar-refractivity contribution >= 4 is 44.6 Å². The molecule has 0 aliphatic heterocycles. The van der Waals surface area contributed by atoms with Crippen LogP contribution in [0.15, 0.2) is 46.2 Å². The van der Waals surface area contributed by atoms with Gasteiger partial charge in [0.2, 0.25) is 9.84 Å². The van der Waals surface area contributed by atoms with Gasteiger partial charge in [0.15, 0.2) is 0 Å². The van der Waals surface area contributed by atoms with Crippen LogP contribution in [0.5, 0.6) is 11.5 Å². The molecule has 0 unspecified atom stereocenters. The smallest absolute Gasteiger partial charge is 0.206 e. The van der Waals surface area contributed by atoms with E-state index in [1.807, 2.05) is 6.92 Å². The van der Waals surface area contributed by atoms with Gasteiger partial charge in [0.05, 0.1) is 33.0 Å². The van der Waals surface area contributed by atoms with Gasteiger partial charge in [-0.1, -0.05) is 30.1 Å². The van der Waals surface area contributed by atoms with Crippen LogP contribution in [0, 0.1) is 5.92 Å². The number of hydrogen-bond acceptors (Lipinski definition) is 6. The van der Waals surface area contributed by atoms with Gasteiger partial charge >= 0.3 is 0 Å². The third-order valence-corrected chi connectivity index (χ3v) is 6.72. The highest BCUT2D eigenvalue weighted by Gasteiger charge is 2.21. The summed E-state index contributed by atoms with van der Waals surface area (Å²) in [6, 6.07) is 8.17. The average molecular weight is 484 g/mol. The summed E-state index contributed by atoms with van der Waals surface area (Å²) in [6.07, 6.45) is -1.07. The topological polar surface area (TPSA) is 93.1 Å². The van der Waals surface area contributed by atoms with Crippen molar-refractivity contribution in [2.24, 2.45) is 5.92 Å². The van der Waals surface area contributed by atoms with Crippen molar-refractivity contribution in [1.29, 1.82) is 0 Å². The maximum atomic E-state index is 12.9. The first-order chi connectivity index (χ1) is 13.7. The van der Waals surface area contributed by atoms with Gasteiger partial charge in [0.1, 0.15) is 24.2 Å². The number of alkyl halides is 1. The molecule has 0 aliphatic rings. The summed E-state index contributed by atoms with van der Waals surface area (Å²) in [5, 5.41) is 18.4. The lowest BCUT2D eigenvalue weighted by molar-refractivity contribution is 0.0536. The molecule has 0 bridgehead atoms. The normalized spacial score (nSPS) is 13.7. The second kappa shape index (κ2) is 10.7. The van der Waals surface area contributed by atoms with Gasteiger partial charge in [0, 0.05) is 11.8 Å². The van der Waals surface area contributed by atoms with Crippen molar-refractivity contribution in [2.75, 3.05) is 25.7 Å². The Balaban J connectivity index is 2.21. The van der Waals surface area contributed by atoms with Crippen LogP contribution in [0.4, 0.5) is 0 Å². The molecule has 2 rings (SSSR count). The fourth-order valence-corrected chi connectivity index (χ4v) is 4.18. The molecule has 2 aromatic rings. The van der Waals surface area contributed by atoms with Gasteiger partial charge in [-0.25, -0.2) is 8.42 Å². The van der Waals surface area contributed by atoms with E-state index < -0.39 is 22.5 Å². The van der Waals surface area contributed by atoms with Crippen LogP contribution < -0.4 is 9.47 Å². The highest BCUT2D eigenvalue weighted by atomic mass is 35.5. The van der Waals surface area contributed by atoms with Crippen molar-refractivity contribution in [1.82, 2.24) is 0 Å². The summed E-state index contributed by atoms with van der Waals surface area (Å²) in [6.45, 7) is 1.63. The largest absolute Gasteiger partial charge is 0.492 e. The molecule has 0 aliphatic carbocycles. The van der Waals surface area contributed by atoms with Gasteiger partial charge in [-0.3, -0.25) is 0 Å². The Hall–Kier alpha value is -1.22. The number of rotatable bonds is 10. The van der Waals surface area contributed by atoms with E-state index in [2.05, 4.69) is 0 Å². The van der Waals surface area contributed by atoms with Crippen LogP contribution in [-0.4, -0.2) is 50.4 Å². The summed E-state index contributed by atoms with van der Waals surface area (Å²) in [5.74, 6) is 1.11. The third-order valence-electron chi connectivity index (χ3n) is 3.86. The maximum absolute atomic E-state index is 12.9. The summed E-state index contributed by atoms with van der Waals surface area (Å²) >= 11 is 18.0. The lowest BCUT2D eigenvalue weighted by atomic mass is 10.2. The van der Waals surface area contributed by atoms with Crippen LogP contribution >= 0.6 is 34.8 Å². The molecule has 0 spiro atoms. The molecule has 2 N–H and O–H groups in total. The molecule has 0 aromatic heterocycles. The Kier molecular flexibility index (Phi) is 8.88. The van der Waals surface area contributed by atoms with Crippen LogP contribution in [0.25, 0.3) is 0 Å². The molecule has 0 saturated heterocycles. The molecule has 160 valence electrons. The Bertz CT molecular complexity index is 866. The molecule has 0 amide bonds. The summed E-state index contributed by atoms with van der Waals surface area (Å²) in [7, 11) is -3.88. The number of hydrogen-bond donors (Lipinski definition) is 2. The van der Waals surface area contributed by atoms with E-state index >= 15 is 0 Å². The number of ether oxygens (including phenoxy) is 2. The molecule has 2 atom stereocenters. The molecule has 2 aromatic carbocycles. The van der Waals surface area contributed by atoms with E-state index in [1.54, 1.807) is 0 Å². The molecule has 29 heavy (non-hydrogen) atoms. The maximum Gasteiger partial charge on any atom is 0.206 e. The van der Waals surface area contributed by atoms with Gasteiger partial charge in [-0.15, -0.1) is 11.6 Å². The van der Waals surface area contributed by atoms with Gasteiger partial charge < -0.3 is 19.7 Å². The molecule has 0 heterocycles. The molecular weight excluding hydrogens is 463 g/mol. The Morgan fingerprint density at radius 1 is 0.966 bits per heavy atom. The van der Waals surface area contributed by atoms with E-state index in [0.29, 0.717) is 18.2 Å². The number of halogens is 3. The zero-order chi connectivity index (χ0) is 21.6. The van der Waals surface area contributed by atoms with Crippen LogP contribution in [0.3, 0.4) is 0 Å². The lowest BCUT2D eigenvalue weighted by Crippen LogP contribution is -2.21. The first-order valence-corrected chi connectivity index (χ1v) is 11.4. The monoisotopic (exact) mass is 482 g/mol. The Labute approximate surface area is 184 Å². The highest BCUT2D eigenvalue weighted by molar-refractivity contribution is 7.91. The second-order valence-electron chi connectivity index (χ2n) is 6.41. The summed E-state index contributed by atoms with van der Waals surface area (Å²) in [4.78, 5) is -0.0567. The van der Waals surface area contributed by atoms with Crippen molar-refractivity contribution in [3.63, 3.8) is 0 Å². The quantitative estimate of drug-likeness (QED) is 0.499. The van der Waals surface area contributed by atoms with E-state index in [4.69, 9.17) is 49.4 Å². The minimum Gasteiger partial charge on any atom is -0.492 e. The number of aliphatic hydroxyl groups is 2. The van der Waals surface area contributed by atoms with Gasteiger partial charge in [-0.2, -0.15) is 0 Å². The Morgan fingerprint density at radius 3 is 1.86 bits per heavy atom. The standard InChI is InChI=1S/C19H21Cl3O6S/c1-12(8-20)10-27-18-4-2-14(6-16(18)21)29(25,26)15-3-5-19(17(22)7-15)28-11-13(24)9-23/h2-7,12-13,23-24H,8-11H2,1H3/t12-,13+/m0/s1. The van der Waals surface area contributed by atoms with Crippen molar-refractivity contribution < 1.29 is 28.1 Å². The van der Waals surface area contributed by atoms with Gasteiger partial charge in [0.25, 0.3) is 0 Å². The van der Waals surface area contributed by atoms with Crippen molar-refractivity contribution in [3.05, 3.63) is 46.4 Å². The first kappa shape index (κ1) is 24.1. The third kappa shape index (κ3) is 6.38. The predicted octanol–water partition coefficient (Wildman–Crippen LogP) is 3.81. The first-order valence-electron chi connectivity index (χ1n) is 8.63. The molecule has 0 fully saturated rings. The van der Waals surface area contributed by atoms with Crippen molar-refractivity contribution in [2.45, 2.75) is 22.8 Å². The SMILES string of the molecule is C[C@@H](CCl)COc1ccc(S(=O)(=O)c2ccc(OC[C@H](O)CO)c(Cl)c2)cc1Cl. The molecule has 6 nitrogen and oxygen atoms in total. The number of benzene rings is 2. The fraction of sp³-hybridized carbons (Fsp3) is 0.368.